The van der Waals surface area contributed by atoms with Gasteiger partial charge in [-0.15, -0.1) is 16.8 Å². The van der Waals surface area contributed by atoms with E-state index in [0.29, 0.717) is 22.5 Å². The number of ether oxygens (including phenoxy) is 2. The maximum atomic E-state index is 13.8. The molecular weight excluding hydrogens is 514 g/mol. The number of hydrogen-bond donors (Lipinski definition) is 0. The lowest BCUT2D eigenvalue weighted by Gasteiger charge is -2.26. The van der Waals surface area contributed by atoms with Crippen molar-refractivity contribution in [2.45, 2.75) is 32.9 Å². The van der Waals surface area contributed by atoms with E-state index < -0.39 is 17.6 Å². The Morgan fingerprint density at radius 1 is 1.17 bits per heavy atom. The van der Waals surface area contributed by atoms with Crippen LogP contribution in [-0.2, 0) is 11.3 Å². The zero-order valence-corrected chi connectivity index (χ0v) is 21.4. The van der Waals surface area contributed by atoms with E-state index in [1.807, 2.05) is 0 Å². The Kier molecular flexibility index (Phi) is 8.18. The lowest BCUT2D eigenvalue weighted by Crippen LogP contribution is -2.41. The number of benzene rings is 1. The van der Waals surface area contributed by atoms with Gasteiger partial charge in [0.2, 0.25) is 0 Å². The number of halogens is 1. The molecule has 0 atom stereocenters. The summed E-state index contributed by atoms with van der Waals surface area (Å²) < 4.78 is 13.6. The van der Waals surface area contributed by atoms with Gasteiger partial charge in [0.1, 0.15) is 35.8 Å². The predicted molar refractivity (Wildman–Crippen MR) is 136 cm³/mol. The molecule has 35 heavy (non-hydrogen) atoms. The van der Waals surface area contributed by atoms with Gasteiger partial charge in [-0.2, -0.15) is 4.90 Å². The lowest BCUT2D eigenvalue weighted by atomic mass is 10.1. The Balaban J connectivity index is 2.12. The number of rotatable bonds is 8. The minimum Gasteiger partial charge on any atom is -0.489 e. The summed E-state index contributed by atoms with van der Waals surface area (Å²) in [6, 6.07) is 9.87. The summed E-state index contributed by atoms with van der Waals surface area (Å²) in [6.45, 7) is 13.2. The Bertz CT molecular complexity index is 1250. The molecule has 2 heterocycles. The summed E-state index contributed by atoms with van der Waals surface area (Å²) in [7, 11) is 0. The van der Waals surface area contributed by atoms with Gasteiger partial charge in [0.05, 0.1) is 5.56 Å². The molecule has 0 N–H and O–H groups in total. The number of allylic oxidation sites excluding steroid dienone is 1. The van der Waals surface area contributed by atoms with Gasteiger partial charge in [-0.05, 0) is 51.1 Å². The molecule has 2 amide bonds. The Morgan fingerprint density at radius 3 is 2.63 bits per heavy atom. The molecule has 0 aliphatic rings. The number of carbonyl (C=O) groups excluding carboxylic acids is 2. The van der Waals surface area contributed by atoms with E-state index in [0.717, 1.165) is 4.90 Å². The molecule has 0 spiro atoms. The summed E-state index contributed by atoms with van der Waals surface area (Å²) in [6.07, 6.45) is 3.93. The van der Waals surface area contributed by atoms with Crippen LogP contribution < -0.4 is 9.64 Å². The minimum atomic E-state index is -0.880. The summed E-state index contributed by atoms with van der Waals surface area (Å²) in [5.41, 5.74) is -0.286. The standard InChI is InChI=1S/C25H26BrN5O4/c1-6-13-30-16-27-29-22(30)19-9-8-10-21(28-19)31(24(33)35-25(3,4)5)23(32)18-15-17(26)11-12-20(18)34-14-7-2/h6-12,15-16H,1-2,13-14H2,3-5H3. The first kappa shape index (κ1) is 25.8. The fourth-order valence-electron chi connectivity index (χ4n) is 3.05. The Labute approximate surface area is 212 Å². The number of amides is 2. The molecule has 0 bridgehead atoms. The number of anilines is 1. The molecule has 0 radical (unpaired) electrons. The number of aromatic nitrogens is 4. The molecule has 10 heteroatoms. The van der Waals surface area contributed by atoms with Gasteiger partial charge in [0, 0.05) is 11.0 Å². The van der Waals surface area contributed by atoms with Crippen molar-refractivity contribution in [1.82, 2.24) is 19.7 Å². The van der Waals surface area contributed by atoms with Crippen LogP contribution in [-0.4, -0.2) is 44.0 Å². The second kappa shape index (κ2) is 11.1. The van der Waals surface area contributed by atoms with Crippen molar-refractivity contribution >= 4 is 33.7 Å². The van der Waals surface area contributed by atoms with E-state index in [2.05, 4.69) is 44.3 Å². The monoisotopic (exact) mass is 539 g/mol. The van der Waals surface area contributed by atoms with E-state index in [1.165, 1.54) is 0 Å². The highest BCUT2D eigenvalue weighted by atomic mass is 79.9. The smallest absolute Gasteiger partial charge is 0.423 e. The molecule has 0 saturated carbocycles. The molecule has 3 rings (SSSR count). The zero-order valence-electron chi connectivity index (χ0n) is 19.8. The van der Waals surface area contributed by atoms with Crippen LogP contribution in [0.2, 0.25) is 0 Å². The van der Waals surface area contributed by atoms with Crippen molar-refractivity contribution in [3.63, 3.8) is 0 Å². The molecular formula is C25H26BrN5O4. The minimum absolute atomic E-state index is 0.0598. The fraction of sp³-hybridized carbons (Fsp3) is 0.240. The van der Waals surface area contributed by atoms with Crippen LogP contribution in [0, 0.1) is 0 Å². The highest BCUT2D eigenvalue weighted by Gasteiger charge is 2.32. The Morgan fingerprint density at radius 2 is 1.94 bits per heavy atom. The van der Waals surface area contributed by atoms with E-state index in [4.69, 9.17) is 9.47 Å². The Hall–Kier alpha value is -3.79. The van der Waals surface area contributed by atoms with Crippen LogP contribution in [0.5, 0.6) is 5.75 Å². The number of carbonyl (C=O) groups is 2. The number of nitrogens with zero attached hydrogens (tertiary/aromatic N) is 5. The number of imide groups is 1. The molecule has 0 aliphatic heterocycles. The van der Waals surface area contributed by atoms with Gasteiger partial charge in [-0.1, -0.05) is 40.7 Å². The van der Waals surface area contributed by atoms with Gasteiger partial charge in [0.25, 0.3) is 5.91 Å². The second-order valence-electron chi connectivity index (χ2n) is 8.34. The van der Waals surface area contributed by atoms with Crippen molar-refractivity contribution in [3.05, 3.63) is 78.1 Å². The maximum absolute atomic E-state index is 13.8. The van der Waals surface area contributed by atoms with Crippen LogP contribution in [0.25, 0.3) is 11.5 Å². The summed E-state index contributed by atoms with van der Waals surface area (Å²) >= 11 is 3.38. The normalized spacial score (nSPS) is 11.0. The lowest BCUT2D eigenvalue weighted by molar-refractivity contribution is 0.0562. The molecule has 2 aromatic heterocycles. The largest absolute Gasteiger partial charge is 0.489 e. The average Bonchev–Trinajstić information content (AvgIpc) is 3.26. The van der Waals surface area contributed by atoms with E-state index in [9.17, 15) is 9.59 Å². The third kappa shape index (κ3) is 6.42. The van der Waals surface area contributed by atoms with Crippen molar-refractivity contribution < 1.29 is 19.1 Å². The van der Waals surface area contributed by atoms with E-state index >= 15 is 0 Å². The first-order valence-corrected chi connectivity index (χ1v) is 11.5. The van der Waals surface area contributed by atoms with Crippen LogP contribution in [0.4, 0.5) is 10.6 Å². The summed E-state index contributed by atoms with van der Waals surface area (Å²) in [5.74, 6) is 0.135. The topological polar surface area (TPSA) is 99.4 Å². The third-order valence-electron chi connectivity index (χ3n) is 4.44. The highest BCUT2D eigenvalue weighted by molar-refractivity contribution is 9.10. The van der Waals surface area contributed by atoms with Gasteiger partial charge < -0.3 is 14.0 Å². The van der Waals surface area contributed by atoms with Crippen LogP contribution in [0.3, 0.4) is 0 Å². The van der Waals surface area contributed by atoms with Gasteiger partial charge in [0.15, 0.2) is 5.82 Å². The molecule has 0 fully saturated rings. The van der Waals surface area contributed by atoms with Crippen molar-refractivity contribution in [2.75, 3.05) is 11.5 Å². The molecule has 3 aromatic rings. The fourth-order valence-corrected chi connectivity index (χ4v) is 3.41. The quantitative estimate of drug-likeness (QED) is 0.351. The molecule has 1 aromatic carbocycles. The van der Waals surface area contributed by atoms with Gasteiger partial charge in [-0.3, -0.25) is 4.79 Å². The number of hydrogen-bond acceptors (Lipinski definition) is 7. The molecule has 182 valence electrons. The summed E-state index contributed by atoms with van der Waals surface area (Å²) in [4.78, 5) is 32.5. The SMILES string of the molecule is C=CCOc1ccc(Br)cc1C(=O)N(C(=O)OC(C)(C)C)c1cccc(-c2nncn2CC=C)n1. The molecule has 9 nitrogen and oxygen atoms in total. The third-order valence-corrected chi connectivity index (χ3v) is 4.94. The second-order valence-corrected chi connectivity index (χ2v) is 9.25. The first-order chi connectivity index (χ1) is 16.6. The molecule has 0 saturated heterocycles. The molecule has 0 unspecified atom stereocenters. The van der Waals surface area contributed by atoms with Crippen molar-refractivity contribution in [2.24, 2.45) is 0 Å². The van der Waals surface area contributed by atoms with Gasteiger partial charge >= 0.3 is 6.09 Å². The van der Waals surface area contributed by atoms with Crippen LogP contribution in [0.15, 0.2) is 72.5 Å². The summed E-state index contributed by atoms with van der Waals surface area (Å²) in [5, 5.41) is 8.05. The van der Waals surface area contributed by atoms with Crippen LogP contribution >= 0.6 is 15.9 Å². The highest BCUT2D eigenvalue weighted by Crippen LogP contribution is 2.28. The van der Waals surface area contributed by atoms with Crippen molar-refractivity contribution in [3.8, 4) is 17.3 Å². The first-order valence-electron chi connectivity index (χ1n) is 10.7. The average molecular weight is 540 g/mol. The number of pyridine rings is 1. The van der Waals surface area contributed by atoms with Crippen molar-refractivity contribution in [1.29, 1.82) is 0 Å². The maximum Gasteiger partial charge on any atom is 0.423 e. The zero-order chi connectivity index (χ0) is 25.6. The van der Waals surface area contributed by atoms with E-state index in [1.54, 1.807) is 80.2 Å². The van der Waals surface area contributed by atoms with Crippen LogP contribution in [0.1, 0.15) is 31.1 Å². The molecule has 0 aliphatic carbocycles. The predicted octanol–water partition coefficient (Wildman–Crippen LogP) is 5.44. The van der Waals surface area contributed by atoms with E-state index in [-0.39, 0.29) is 23.7 Å². The van der Waals surface area contributed by atoms with Gasteiger partial charge in [-0.25, -0.2) is 9.78 Å².